The van der Waals surface area contributed by atoms with Crippen molar-refractivity contribution in [1.29, 1.82) is 0 Å². The number of ketones is 2. The largest absolute Gasteiger partial charge is 0.456 e. The predicted octanol–water partition coefficient (Wildman–Crippen LogP) is 9.50. The van der Waals surface area contributed by atoms with E-state index in [1.54, 1.807) is 14.0 Å². The van der Waals surface area contributed by atoms with Crippen LogP contribution in [0.3, 0.4) is 0 Å². The summed E-state index contributed by atoms with van der Waals surface area (Å²) in [4.78, 5) is 60.3. The van der Waals surface area contributed by atoms with Crippen molar-refractivity contribution >= 4 is 40.1 Å². The van der Waals surface area contributed by atoms with E-state index in [1.165, 1.54) is 19.1 Å². The fourth-order valence-electron chi connectivity index (χ4n) is 10.7. The average molecular weight is 1040 g/mol. The number of cyclic esters (lactones) is 1. The zero-order chi connectivity index (χ0) is 53.8. The maximum absolute atomic E-state index is 15.0. The summed E-state index contributed by atoms with van der Waals surface area (Å²) in [6.07, 6.45) is 3.53. The number of carbonyl (C=O) groups is 4. The second-order valence-electron chi connectivity index (χ2n) is 24.9. The third-order valence-corrected chi connectivity index (χ3v) is 26.6. The van der Waals surface area contributed by atoms with Crippen LogP contribution in [0.25, 0.3) is 0 Å². The molecule has 14 nitrogen and oxygen atoms in total. The Balaban J connectivity index is 1.89. The van der Waals surface area contributed by atoms with Gasteiger partial charge in [0.1, 0.15) is 24.0 Å². The minimum Gasteiger partial charge on any atom is -0.456 e. The molecule has 3 aliphatic heterocycles. The molecule has 71 heavy (non-hydrogen) atoms. The van der Waals surface area contributed by atoms with Crippen molar-refractivity contribution in [2.45, 2.75) is 244 Å². The lowest BCUT2D eigenvalue weighted by Gasteiger charge is -2.47. The van der Waals surface area contributed by atoms with Crippen molar-refractivity contribution in [3.8, 4) is 0 Å². The average Bonchev–Trinajstić information content (AvgIpc) is 3.30. The van der Waals surface area contributed by atoms with Crippen LogP contribution in [0.1, 0.15) is 147 Å². The highest BCUT2D eigenvalue weighted by Gasteiger charge is 2.57. The highest BCUT2D eigenvalue weighted by atomic mass is 28.4. The predicted molar refractivity (Wildman–Crippen MR) is 282 cm³/mol. The molecule has 16 heteroatoms. The van der Waals surface area contributed by atoms with Gasteiger partial charge < -0.3 is 47.6 Å². The SMILES string of the molecule is CCC1C=C(C)C(O)C(C)CC(OC)C2OC(O)(C(=O)C(=O)N3CCCCC3C(=O)OC(C(C)=CC3CCC(O[Si](C)(C)C(C)(C)C)C(OC)C3)C(C)C(O[Si](C)(C)C(C)(C)C)CC1=O)C(C)CC2OC. The van der Waals surface area contributed by atoms with Gasteiger partial charge in [-0.2, -0.15) is 0 Å². The van der Waals surface area contributed by atoms with Crippen LogP contribution in [0.15, 0.2) is 23.3 Å². The first kappa shape index (κ1) is 61.4. The van der Waals surface area contributed by atoms with Gasteiger partial charge in [0.2, 0.25) is 5.79 Å². The first-order chi connectivity index (χ1) is 32.8. The second-order valence-corrected chi connectivity index (χ2v) is 34.4. The minimum absolute atomic E-state index is 0.0348. The van der Waals surface area contributed by atoms with Gasteiger partial charge in [0, 0.05) is 52.0 Å². The maximum Gasteiger partial charge on any atom is 0.329 e. The third kappa shape index (κ3) is 14.4. The van der Waals surface area contributed by atoms with E-state index in [2.05, 4.69) is 73.8 Å². The number of esters is 1. The van der Waals surface area contributed by atoms with Crippen LogP contribution in [0, 0.1) is 29.6 Å². The second kappa shape index (κ2) is 24.7. The summed E-state index contributed by atoms with van der Waals surface area (Å²) in [5.41, 5.74) is 1.41. The highest BCUT2D eigenvalue weighted by Crippen LogP contribution is 2.44. The van der Waals surface area contributed by atoms with Gasteiger partial charge in [-0.05, 0) is 131 Å². The molecule has 15 atom stereocenters. The molecule has 408 valence electrons. The molecular weight excluding hydrogens is 939 g/mol. The zero-order valence-corrected chi connectivity index (χ0v) is 49.3. The molecule has 3 fully saturated rings. The molecule has 1 saturated carbocycles. The van der Waals surface area contributed by atoms with Crippen molar-refractivity contribution in [2.24, 2.45) is 29.6 Å². The Kier molecular flexibility index (Phi) is 21.4. The highest BCUT2D eigenvalue weighted by molar-refractivity contribution is 6.74. The molecule has 0 aromatic carbocycles. The monoisotopic (exact) mass is 1040 g/mol. The van der Waals surface area contributed by atoms with Crippen molar-refractivity contribution in [3.05, 3.63) is 23.3 Å². The Morgan fingerprint density at radius 2 is 1.38 bits per heavy atom. The number of nitrogens with zero attached hydrogens (tertiary/aromatic N) is 1. The van der Waals surface area contributed by atoms with Gasteiger partial charge in [-0.15, -0.1) is 0 Å². The molecule has 2 bridgehead atoms. The van der Waals surface area contributed by atoms with Crippen molar-refractivity contribution in [1.82, 2.24) is 4.90 Å². The number of allylic oxidation sites excluding steroid dienone is 2. The first-order valence-electron chi connectivity index (χ1n) is 26.8. The zero-order valence-electron chi connectivity index (χ0n) is 47.3. The molecule has 0 aromatic rings. The van der Waals surface area contributed by atoms with Crippen LogP contribution in [0.2, 0.25) is 36.3 Å². The third-order valence-electron chi connectivity index (χ3n) is 17.6. The Morgan fingerprint density at radius 1 is 0.817 bits per heavy atom. The number of piperidine rings is 1. The number of carbonyl (C=O) groups excluding carboxylic acids is 4. The van der Waals surface area contributed by atoms with Crippen molar-refractivity contribution in [3.63, 3.8) is 0 Å². The standard InChI is InChI=1S/C55H97NO13Si2/c1-20-39-28-33(2)47(58)34(3)29-45(64-14)49-46(65-15)30-36(5)55(62,67-49)50(59)51(60)56-26-22-21-23-40(56)52(61)66-48(37(6)43(32-41(39)57)69-71(18,19)54(10,11)12)35(4)27-38-24-25-42(44(31-38)63-13)68-70(16,17)53(7,8)9/h27-28,34,36-40,42-49,58,62H,20-26,29-32H2,1-19H3. The molecule has 15 unspecified atom stereocenters. The number of aliphatic hydroxyl groups is 2. The molecular formula is C55H97NO13Si2. The summed E-state index contributed by atoms with van der Waals surface area (Å²) in [6, 6.07) is -1.13. The van der Waals surface area contributed by atoms with Crippen LogP contribution in [0.5, 0.6) is 0 Å². The Morgan fingerprint density at radius 3 is 1.93 bits per heavy atom. The molecule has 0 aromatic heterocycles. The van der Waals surface area contributed by atoms with Gasteiger partial charge in [0.05, 0.1) is 36.6 Å². The fraction of sp³-hybridized carbons (Fsp3) is 0.855. The Bertz CT molecular complexity index is 1890. The number of Topliss-reactive ketones (excluding diaryl/α,β-unsaturated/α-hetero) is 2. The molecule has 0 radical (unpaired) electrons. The number of ether oxygens (including phenoxy) is 5. The van der Waals surface area contributed by atoms with Crippen LogP contribution in [-0.2, 0) is 51.7 Å². The molecule has 1 amide bonds. The van der Waals surface area contributed by atoms with Gasteiger partial charge in [-0.3, -0.25) is 14.4 Å². The van der Waals surface area contributed by atoms with E-state index in [-0.39, 0.29) is 66.2 Å². The van der Waals surface area contributed by atoms with Crippen molar-refractivity contribution < 1.29 is 61.9 Å². The van der Waals surface area contributed by atoms with Gasteiger partial charge in [-0.1, -0.05) is 81.4 Å². The number of methoxy groups -OCH3 is 3. The number of fused-ring (bicyclic) bond motifs is 3. The van der Waals surface area contributed by atoms with Gasteiger partial charge >= 0.3 is 5.97 Å². The number of aliphatic hydroxyl groups excluding tert-OH is 1. The summed E-state index contributed by atoms with van der Waals surface area (Å²) in [6.45, 7) is 33.3. The maximum atomic E-state index is 15.0. The molecule has 4 rings (SSSR count). The summed E-state index contributed by atoms with van der Waals surface area (Å²) in [5.74, 6) is -7.82. The lowest BCUT2D eigenvalue weighted by atomic mass is 9.81. The molecule has 2 saturated heterocycles. The summed E-state index contributed by atoms with van der Waals surface area (Å²) >= 11 is 0. The van der Waals surface area contributed by atoms with Crippen molar-refractivity contribution in [2.75, 3.05) is 27.9 Å². The smallest absolute Gasteiger partial charge is 0.329 e. The van der Waals surface area contributed by atoms with E-state index in [0.717, 1.165) is 18.4 Å². The molecule has 2 N–H and O–H groups in total. The lowest BCUT2D eigenvalue weighted by Crippen LogP contribution is -2.64. The normalized spacial score (nSPS) is 36.7. The van der Waals surface area contributed by atoms with Crippen LogP contribution >= 0.6 is 0 Å². The molecule has 3 heterocycles. The summed E-state index contributed by atoms with van der Waals surface area (Å²) in [7, 11) is 0.0561. The van der Waals surface area contributed by atoms with E-state index in [4.69, 9.17) is 32.5 Å². The van der Waals surface area contributed by atoms with Gasteiger partial charge in [-0.25, -0.2) is 4.79 Å². The van der Waals surface area contributed by atoms with E-state index in [1.807, 2.05) is 40.7 Å². The number of hydrogen-bond acceptors (Lipinski definition) is 13. The van der Waals surface area contributed by atoms with Crippen LogP contribution in [-0.4, -0.2) is 144 Å². The van der Waals surface area contributed by atoms with E-state index >= 15 is 4.79 Å². The first-order valence-corrected chi connectivity index (χ1v) is 32.6. The number of amides is 1. The number of hydrogen-bond donors (Lipinski definition) is 2. The Hall–Kier alpha value is -2.13. The topological polar surface area (TPSA) is 177 Å². The van der Waals surface area contributed by atoms with Crippen LogP contribution < -0.4 is 0 Å². The van der Waals surface area contributed by atoms with E-state index < -0.39 is 106 Å². The summed E-state index contributed by atoms with van der Waals surface area (Å²) < 4.78 is 45.2. The van der Waals surface area contributed by atoms with E-state index in [9.17, 15) is 24.6 Å². The molecule has 4 aliphatic rings. The lowest BCUT2D eigenvalue weighted by molar-refractivity contribution is -0.302. The fourth-order valence-corrected chi connectivity index (χ4v) is 13.5. The van der Waals surface area contributed by atoms with Gasteiger partial charge in [0.15, 0.2) is 16.6 Å². The van der Waals surface area contributed by atoms with E-state index in [0.29, 0.717) is 31.3 Å². The summed E-state index contributed by atoms with van der Waals surface area (Å²) in [5, 5.41) is 23.9. The molecule has 0 spiro atoms. The van der Waals surface area contributed by atoms with Crippen LogP contribution in [0.4, 0.5) is 0 Å². The minimum atomic E-state index is -2.59. The quantitative estimate of drug-likeness (QED) is 0.0917. The Labute approximate surface area is 430 Å². The molecule has 1 aliphatic carbocycles. The number of rotatable bonds is 10. The van der Waals surface area contributed by atoms with Gasteiger partial charge in [0.25, 0.3) is 11.7 Å².